The third-order valence-electron chi connectivity index (χ3n) is 7.81. The van der Waals surface area contributed by atoms with Crippen molar-refractivity contribution in [2.45, 2.75) is 32.0 Å². The molecule has 0 saturated carbocycles. The maximum absolute atomic E-state index is 11.5. The van der Waals surface area contributed by atoms with E-state index in [4.69, 9.17) is 54.6 Å². The molecule has 6 rings (SSSR count). The number of thiazole rings is 1. The summed E-state index contributed by atoms with van der Waals surface area (Å²) >= 11 is 22.0. The number of nitrogens with zero attached hydrogens (tertiary/aromatic N) is 2. The number of hydrogen-bond donors (Lipinski definition) is 5. The normalized spacial score (nSPS) is 14.3. The van der Waals surface area contributed by atoms with Gasteiger partial charge in [0.15, 0.2) is 0 Å². The van der Waals surface area contributed by atoms with Gasteiger partial charge in [0.25, 0.3) is 0 Å². The van der Waals surface area contributed by atoms with Crippen LogP contribution in [-0.4, -0.2) is 53.2 Å². The van der Waals surface area contributed by atoms with Crippen LogP contribution in [0.25, 0.3) is 32.6 Å². The third kappa shape index (κ3) is 7.67. The number of carbonyl (C=O) groups is 2. The van der Waals surface area contributed by atoms with Gasteiger partial charge in [-0.2, -0.15) is 0 Å². The van der Waals surface area contributed by atoms with Crippen molar-refractivity contribution < 1.29 is 19.4 Å². The number of ether oxygens (including phenoxy) is 1. The minimum atomic E-state index is -0.938. The van der Waals surface area contributed by atoms with Crippen LogP contribution in [0.4, 0.5) is 11.4 Å². The lowest BCUT2D eigenvalue weighted by Crippen LogP contribution is -2.35. The molecule has 0 aliphatic carbocycles. The van der Waals surface area contributed by atoms with E-state index in [1.165, 1.54) is 11.3 Å². The molecule has 248 valence electrons. The quantitative estimate of drug-likeness (QED) is 0.0848. The van der Waals surface area contributed by atoms with Gasteiger partial charge in [0, 0.05) is 59.4 Å². The number of amides is 1. The molecule has 5 N–H and O–H groups in total. The van der Waals surface area contributed by atoms with Gasteiger partial charge >= 0.3 is 5.97 Å². The van der Waals surface area contributed by atoms with Crippen molar-refractivity contribution >= 4 is 79.6 Å². The molecule has 0 radical (unpaired) electrons. The largest absolute Gasteiger partial charge is 0.481 e. The average molecular weight is 726 g/mol. The molecule has 1 aliphatic rings. The summed E-state index contributed by atoms with van der Waals surface area (Å²) in [7, 11) is 1.58. The number of pyridine rings is 1. The maximum atomic E-state index is 11.5. The molecule has 0 unspecified atom stereocenters. The zero-order valence-corrected chi connectivity index (χ0v) is 28.8. The Hall–Kier alpha value is -3.97. The van der Waals surface area contributed by atoms with Crippen molar-refractivity contribution in [1.29, 1.82) is 0 Å². The van der Waals surface area contributed by atoms with Crippen LogP contribution in [0, 0.1) is 0 Å². The van der Waals surface area contributed by atoms with Gasteiger partial charge in [0.05, 0.1) is 45.5 Å². The Morgan fingerprint density at radius 3 is 2.50 bits per heavy atom. The van der Waals surface area contributed by atoms with E-state index in [1.54, 1.807) is 13.2 Å². The molecule has 0 spiro atoms. The Kier molecular flexibility index (Phi) is 10.6. The first kappa shape index (κ1) is 33.9. The van der Waals surface area contributed by atoms with Crippen molar-refractivity contribution in [3.63, 3.8) is 0 Å². The summed E-state index contributed by atoms with van der Waals surface area (Å²) < 4.78 is 6.48. The van der Waals surface area contributed by atoms with Crippen LogP contribution in [0.2, 0.25) is 15.1 Å². The van der Waals surface area contributed by atoms with Gasteiger partial charge in [0.2, 0.25) is 11.8 Å². The Bertz CT molecular complexity index is 2010. The van der Waals surface area contributed by atoms with Gasteiger partial charge in [-0.3, -0.25) is 9.59 Å². The Morgan fingerprint density at radius 2 is 1.75 bits per heavy atom. The van der Waals surface area contributed by atoms with Gasteiger partial charge in [-0.05, 0) is 30.7 Å². The Balaban J connectivity index is 1.24. The van der Waals surface area contributed by atoms with Gasteiger partial charge in [-0.15, -0.1) is 11.3 Å². The second-order valence-electron chi connectivity index (χ2n) is 11.2. The second kappa shape index (κ2) is 15.1. The van der Waals surface area contributed by atoms with E-state index in [1.807, 2.05) is 54.6 Å². The van der Waals surface area contributed by atoms with Gasteiger partial charge in [-0.1, -0.05) is 71.2 Å². The predicted octanol–water partition coefficient (Wildman–Crippen LogP) is 7.28. The van der Waals surface area contributed by atoms with Crippen LogP contribution in [-0.2, 0) is 22.7 Å². The molecule has 2 aromatic heterocycles. The minimum Gasteiger partial charge on any atom is -0.481 e. The average Bonchev–Trinajstić information content (AvgIpc) is 3.67. The highest BCUT2D eigenvalue weighted by Crippen LogP contribution is 2.43. The molecule has 1 atom stereocenters. The summed E-state index contributed by atoms with van der Waals surface area (Å²) in [6.45, 7) is 1.35. The highest BCUT2D eigenvalue weighted by Gasteiger charge is 2.21. The molecular weight excluding hydrogens is 695 g/mol. The number of rotatable bonds is 13. The molecule has 48 heavy (non-hydrogen) atoms. The van der Waals surface area contributed by atoms with E-state index in [0.29, 0.717) is 69.6 Å². The molecule has 1 aliphatic heterocycles. The molecule has 10 nitrogen and oxygen atoms in total. The maximum Gasteiger partial charge on any atom is 0.317 e. The van der Waals surface area contributed by atoms with Gasteiger partial charge in [0.1, 0.15) is 10.5 Å². The standard InChI is InChI=1S/C34H31Cl3N6O4S/c1-47-34-18(14-38-15-20-9-11-28(44)40-20)8-10-24(42-34)23-6-2-4-21(31(23)36)22-5-3-7-25(32(22)37)41-26-12-19(35)13-27-33(26)43-29(48-27)16-39-17-30(45)46/h2-8,10,12-13,20,38-39,41H,9,11,14-17H2,1H3,(H,40,44)(H,45,46)/t20-/m0/s1. The SMILES string of the molecule is COc1nc(-c2cccc(-c3cccc(Nc4cc(Cl)cc5sc(CNCC(=O)O)nc45)c3Cl)c2Cl)ccc1CNC[C@@H]1CCC(=O)N1. The van der Waals surface area contributed by atoms with Crippen LogP contribution in [0.5, 0.6) is 5.88 Å². The van der Waals surface area contributed by atoms with Crippen molar-refractivity contribution in [2.75, 3.05) is 25.5 Å². The monoisotopic (exact) mass is 724 g/mol. The van der Waals surface area contributed by atoms with E-state index in [-0.39, 0.29) is 18.5 Å². The number of aromatic nitrogens is 2. The molecule has 3 heterocycles. The molecule has 1 fully saturated rings. The fourth-order valence-electron chi connectivity index (χ4n) is 5.55. The van der Waals surface area contributed by atoms with Crippen LogP contribution >= 0.6 is 46.1 Å². The Morgan fingerprint density at radius 1 is 0.979 bits per heavy atom. The van der Waals surface area contributed by atoms with Gasteiger partial charge < -0.3 is 31.1 Å². The zero-order valence-electron chi connectivity index (χ0n) is 25.7. The molecule has 1 amide bonds. The first-order valence-electron chi connectivity index (χ1n) is 15.1. The molecule has 3 aromatic carbocycles. The second-order valence-corrected chi connectivity index (χ2v) is 13.5. The number of benzene rings is 3. The predicted molar refractivity (Wildman–Crippen MR) is 192 cm³/mol. The molecular formula is C34H31Cl3N6O4S. The smallest absolute Gasteiger partial charge is 0.317 e. The van der Waals surface area contributed by atoms with Crippen LogP contribution in [0.1, 0.15) is 23.4 Å². The number of aliphatic carboxylic acids is 1. The number of carbonyl (C=O) groups excluding carboxylic acids is 1. The Labute approximate surface area is 295 Å². The van der Waals surface area contributed by atoms with E-state index in [2.05, 4.69) is 21.3 Å². The number of carboxylic acids is 1. The summed E-state index contributed by atoms with van der Waals surface area (Å²) in [6.07, 6.45) is 1.39. The van der Waals surface area contributed by atoms with E-state index in [0.717, 1.165) is 38.4 Å². The van der Waals surface area contributed by atoms with E-state index in [9.17, 15) is 9.59 Å². The van der Waals surface area contributed by atoms with E-state index < -0.39 is 5.97 Å². The zero-order chi connectivity index (χ0) is 33.8. The number of hydrogen-bond acceptors (Lipinski definition) is 9. The fraction of sp³-hybridized carbons (Fsp3) is 0.235. The molecule has 14 heteroatoms. The van der Waals surface area contributed by atoms with Gasteiger partial charge in [-0.25, -0.2) is 9.97 Å². The van der Waals surface area contributed by atoms with Crippen LogP contribution in [0.15, 0.2) is 60.7 Å². The fourth-order valence-corrected chi connectivity index (χ4v) is 7.44. The summed E-state index contributed by atoms with van der Waals surface area (Å²) in [5.74, 6) is -0.365. The highest BCUT2D eigenvalue weighted by molar-refractivity contribution is 7.18. The topological polar surface area (TPSA) is 138 Å². The number of carboxylic acid groups (broad SMARTS) is 1. The van der Waals surface area contributed by atoms with Crippen molar-refractivity contribution in [1.82, 2.24) is 25.9 Å². The molecule has 0 bridgehead atoms. The van der Waals surface area contributed by atoms with Crippen LogP contribution < -0.4 is 26.0 Å². The lowest BCUT2D eigenvalue weighted by molar-refractivity contribution is -0.136. The molecule has 5 aromatic rings. The minimum absolute atomic E-state index is 0.0892. The molecule has 1 saturated heterocycles. The number of methoxy groups -OCH3 is 1. The highest BCUT2D eigenvalue weighted by atomic mass is 35.5. The number of fused-ring (bicyclic) bond motifs is 1. The first-order chi connectivity index (χ1) is 23.2. The van der Waals surface area contributed by atoms with E-state index >= 15 is 0 Å². The number of anilines is 2. The van der Waals surface area contributed by atoms with Crippen molar-refractivity contribution in [3.8, 4) is 28.3 Å². The first-order valence-corrected chi connectivity index (χ1v) is 17.1. The summed E-state index contributed by atoms with van der Waals surface area (Å²) in [5.41, 5.74) is 5.69. The summed E-state index contributed by atoms with van der Waals surface area (Å²) in [5, 5.41) is 23.7. The third-order valence-corrected chi connectivity index (χ3v) is 9.85. The number of halogens is 3. The summed E-state index contributed by atoms with van der Waals surface area (Å²) in [4.78, 5) is 31.9. The lowest BCUT2D eigenvalue weighted by Gasteiger charge is -2.16. The van der Waals surface area contributed by atoms with Crippen LogP contribution in [0.3, 0.4) is 0 Å². The van der Waals surface area contributed by atoms with Crippen molar-refractivity contribution in [2.24, 2.45) is 0 Å². The number of nitrogens with one attached hydrogen (secondary N) is 4. The lowest BCUT2D eigenvalue weighted by atomic mass is 10.00. The van der Waals surface area contributed by atoms with Crippen molar-refractivity contribution in [3.05, 3.63) is 86.3 Å². The summed E-state index contributed by atoms with van der Waals surface area (Å²) in [6, 6.07) is 19.0.